The van der Waals surface area contributed by atoms with Gasteiger partial charge in [-0.1, -0.05) is 12.1 Å². The monoisotopic (exact) mass is 213 g/mol. The quantitative estimate of drug-likeness (QED) is 0.769. The van der Waals surface area contributed by atoms with Crippen molar-refractivity contribution in [2.24, 2.45) is 5.73 Å². The molecule has 0 aromatic heterocycles. The average Bonchev–Trinajstić information content (AvgIpc) is 2.17. The van der Waals surface area contributed by atoms with E-state index in [-0.39, 0.29) is 12.4 Å². The summed E-state index contributed by atoms with van der Waals surface area (Å²) in [6.45, 7) is 0.678. The van der Waals surface area contributed by atoms with Crippen LogP contribution in [-0.2, 0) is 6.42 Å². The number of fused-ring (bicyclic) bond motifs is 1. The van der Waals surface area contributed by atoms with E-state index in [2.05, 4.69) is 0 Å². The van der Waals surface area contributed by atoms with E-state index in [9.17, 15) is 4.79 Å². The molecule has 0 radical (unpaired) electrons. The van der Waals surface area contributed by atoms with Crippen LogP contribution in [0.25, 0.3) is 0 Å². The summed E-state index contributed by atoms with van der Waals surface area (Å²) >= 11 is 0. The third-order valence-corrected chi connectivity index (χ3v) is 2.20. The van der Waals surface area contributed by atoms with Crippen molar-refractivity contribution in [1.29, 1.82) is 0 Å². The minimum Gasteiger partial charge on any atom is -0.492 e. The molecule has 1 aliphatic rings. The van der Waals surface area contributed by atoms with Gasteiger partial charge in [-0.25, -0.2) is 0 Å². The molecule has 0 fully saturated rings. The summed E-state index contributed by atoms with van der Waals surface area (Å²) in [6, 6.07) is 5.51. The van der Waals surface area contributed by atoms with Gasteiger partial charge in [0, 0.05) is 0 Å². The Morgan fingerprint density at radius 2 is 2.21 bits per heavy atom. The zero-order chi connectivity index (χ0) is 9.26. The van der Waals surface area contributed by atoms with Crippen LogP contribution < -0.4 is 10.5 Å². The van der Waals surface area contributed by atoms with E-state index in [1.165, 1.54) is 0 Å². The molecule has 2 rings (SSSR count). The molecule has 1 aromatic rings. The van der Waals surface area contributed by atoms with Crippen LogP contribution in [-0.4, -0.2) is 12.5 Å². The standard InChI is InChI=1S/C10H11NO2.ClH/c11-10(12)8-5-1-3-7-4-2-6-13-9(7)8;/h1,3,5H,2,4,6H2,(H2,11,12);1H. The predicted molar refractivity (Wildman–Crippen MR) is 56.0 cm³/mol. The van der Waals surface area contributed by atoms with Gasteiger partial charge in [-0.3, -0.25) is 4.79 Å². The molecule has 0 spiro atoms. The number of ether oxygens (including phenoxy) is 1. The number of para-hydroxylation sites is 1. The van der Waals surface area contributed by atoms with E-state index in [0.29, 0.717) is 17.9 Å². The largest absolute Gasteiger partial charge is 0.492 e. The van der Waals surface area contributed by atoms with Gasteiger partial charge in [-0.15, -0.1) is 12.4 Å². The van der Waals surface area contributed by atoms with Gasteiger partial charge in [0.2, 0.25) is 0 Å². The van der Waals surface area contributed by atoms with Gasteiger partial charge in [0.25, 0.3) is 5.91 Å². The second kappa shape index (κ2) is 4.33. The molecule has 76 valence electrons. The third kappa shape index (κ3) is 1.82. The molecule has 0 atom stereocenters. The number of rotatable bonds is 1. The van der Waals surface area contributed by atoms with Gasteiger partial charge >= 0.3 is 0 Å². The fourth-order valence-corrected chi connectivity index (χ4v) is 1.58. The second-order valence-electron chi connectivity index (χ2n) is 3.11. The third-order valence-electron chi connectivity index (χ3n) is 2.20. The number of hydrogen-bond acceptors (Lipinski definition) is 2. The summed E-state index contributed by atoms with van der Waals surface area (Å²) in [7, 11) is 0. The number of carbonyl (C=O) groups excluding carboxylic acids is 1. The molecule has 1 amide bonds. The maximum atomic E-state index is 11.0. The first kappa shape index (κ1) is 10.9. The van der Waals surface area contributed by atoms with Crippen molar-refractivity contribution >= 4 is 18.3 Å². The highest BCUT2D eigenvalue weighted by atomic mass is 35.5. The molecule has 1 aliphatic heterocycles. The second-order valence-corrected chi connectivity index (χ2v) is 3.11. The van der Waals surface area contributed by atoms with Crippen molar-refractivity contribution in [1.82, 2.24) is 0 Å². The van der Waals surface area contributed by atoms with Gasteiger partial charge in [0.1, 0.15) is 5.75 Å². The molecule has 1 aromatic carbocycles. The Balaban J connectivity index is 0.000000980. The zero-order valence-corrected chi connectivity index (χ0v) is 8.47. The number of aryl methyl sites for hydroxylation is 1. The fraction of sp³-hybridized carbons (Fsp3) is 0.300. The van der Waals surface area contributed by atoms with Crippen LogP contribution in [0.5, 0.6) is 5.75 Å². The topological polar surface area (TPSA) is 52.3 Å². The molecule has 2 N–H and O–H groups in total. The summed E-state index contributed by atoms with van der Waals surface area (Å²) < 4.78 is 5.42. The fourth-order valence-electron chi connectivity index (χ4n) is 1.58. The molecule has 0 aliphatic carbocycles. The molecule has 3 nitrogen and oxygen atoms in total. The van der Waals surface area contributed by atoms with Crippen molar-refractivity contribution in [2.75, 3.05) is 6.61 Å². The number of benzene rings is 1. The molecule has 0 unspecified atom stereocenters. The number of carbonyl (C=O) groups is 1. The smallest absolute Gasteiger partial charge is 0.252 e. The first-order valence-corrected chi connectivity index (χ1v) is 4.33. The van der Waals surface area contributed by atoms with Gasteiger partial charge in [-0.2, -0.15) is 0 Å². The molecular weight excluding hydrogens is 202 g/mol. The van der Waals surface area contributed by atoms with Crippen LogP contribution >= 0.6 is 12.4 Å². The van der Waals surface area contributed by atoms with E-state index < -0.39 is 5.91 Å². The highest BCUT2D eigenvalue weighted by molar-refractivity contribution is 5.96. The van der Waals surface area contributed by atoms with E-state index in [0.717, 1.165) is 18.4 Å². The SMILES string of the molecule is Cl.NC(=O)c1cccc2c1OCCC2. The maximum absolute atomic E-state index is 11.0. The summed E-state index contributed by atoms with van der Waals surface area (Å²) in [5.41, 5.74) is 6.80. The Morgan fingerprint density at radius 3 is 2.93 bits per heavy atom. The lowest BCUT2D eigenvalue weighted by molar-refractivity contribution is 0.0995. The Morgan fingerprint density at radius 1 is 1.43 bits per heavy atom. The summed E-state index contributed by atoms with van der Waals surface area (Å²) in [5, 5.41) is 0. The van der Waals surface area contributed by atoms with Crippen LogP contribution in [0.2, 0.25) is 0 Å². The van der Waals surface area contributed by atoms with Crippen LogP contribution in [0.1, 0.15) is 22.3 Å². The van der Waals surface area contributed by atoms with E-state index in [1.54, 1.807) is 6.07 Å². The number of hydrogen-bond donors (Lipinski definition) is 1. The van der Waals surface area contributed by atoms with Crippen molar-refractivity contribution < 1.29 is 9.53 Å². The maximum Gasteiger partial charge on any atom is 0.252 e. The lowest BCUT2D eigenvalue weighted by Crippen LogP contribution is -2.17. The summed E-state index contributed by atoms with van der Waals surface area (Å²) in [4.78, 5) is 11.0. The minimum atomic E-state index is -0.418. The number of halogens is 1. The Hall–Kier alpha value is -1.22. The molecule has 1 heterocycles. The number of amides is 1. The highest BCUT2D eigenvalue weighted by Gasteiger charge is 2.16. The minimum absolute atomic E-state index is 0. The lowest BCUT2D eigenvalue weighted by Gasteiger charge is -2.18. The molecule has 0 saturated carbocycles. The highest BCUT2D eigenvalue weighted by Crippen LogP contribution is 2.28. The predicted octanol–water partition coefficient (Wildman–Crippen LogP) is 1.53. The van der Waals surface area contributed by atoms with E-state index in [4.69, 9.17) is 10.5 Å². The van der Waals surface area contributed by atoms with Crippen molar-refractivity contribution in [2.45, 2.75) is 12.8 Å². The van der Waals surface area contributed by atoms with Gasteiger partial charge in [0.05, 0.1) is 12.2 Å². The van der Waals surface area contributed by atoms with E-state index >= 15 is 0 Å². The zero-order valence-electron chi connectivity index (χ0n) is 7.66. The van der Waals surface area contributed by atoms with Gasteiger partial charge in [0.15, 0.2) is 0 Å². The van der Waals surface area contributed by atoms with Crippen molar-refractivity contribution in [3.05, 3.63) is 29.3 Å². The normalized spacial score (nSPS) is 13.4. The van der Waals surface area contributed by atoms with Crippen molar-refractivity contribution in [3.63, 3.8) is 0 Å². The van der Waals surface area contributed by atoms with E-state index in [1.807, 2.05) is 12.1 Å². The lowest BCUT2D eigenvalue weighted by atomic mass is 10.0. The number of primary amides is 1. The molecule has 0 bridgehead atoms. The summed E-state index contributed by atoms with van der Waals surface area (Å²) in [6.07, 6.45) is 1.98. The molecule has 14 heavy (non-hydrogen) atoms. The van der Waals surface area contributed by atoms with Crippen LogP contribution in [0.3, 0.4) is 0 Å². The van der Waals surface area contributed by atoms with Crippen LogP contribution in [0.15, 0.2) is 18.2 Å². The first-order valence-electron chi connectivity index (χ1n) is 4.33. The van der Waals surface area contributed by atoms with Crippen molar-refractivity contribution in [3.8, 4) is 5.75 Å². The Labute approximate surface area is 88.7 Å². The van der Waals surface area contributed by atoms with Gasteiger partial charge in [-0.05, 0) is 24.5 Å². The molecule has 0 saturated heterocycles. The Bertz CT molecular complexity index is 352. The Kier molecular flexibility index (Phi) is 3.36. The summed E-state index contributed by atoms with van der Waals surface area (Å²) in [5.74, 6) is 0.264. The van der Waals surface area contributed by atoms with Crippen LogP contribution in [0, 0.1) is 0 Å². The first-order chi connectivity index (χ1) is 6.29. The van der Waals surface area contributed by atoms with Crippen LogP contribution in [0.4, 0.5) is 0 Å². The average molecular weight is 214 g/mol. The number of nitrogens with two attached hydrogens (primary N) is 1. The molecule has 4 heteroatoms. The van der Waals surface area contributed by atoms with Gasteiger partial charge < -0.3 is 10.5 Å². The molecular formula is C10H12ClNO2.